The quantitative estimate of drug-likeness (QED) is 0.538. The predicted molar refractivity (Wildman–Crippen MR) is 67.6 cm³/mol. The van der Waals surface area contributed by atoms with Gasteiger partial charge in [-0.2, -0.15) is 0 Å². The Morgan fingerprint density at radius 3 is 2.53 bits per heavy atom. The lowest BCUT2D eigenvalue weighted by molar-refractivity contribution is -0.148. The fourth-order valence-corrected chi connectivity index (χ4v) is 1.74. The summed E-state index contributed by atoms with van der Waals surface area (Å²) in [7, 11) is 0. The summed E-state index contributed by atoms with van der Waals surface area (Å²) >= 11 is 0. The van der Waals surface area contributed by atoms with Gasteiger partial charge in [0.1, 0.15) is 0 Å². The van der Waals surface area contributed by atoms with Gasteiger partial charge in [0.05, 0.1) is 12.5 Å². The number of aromatic nitrogens is 1. The number of aryl methyl sites for hydroxylation is 1. The van der Waals surface area contributed by atoms with Crippen LogP contribution >= 0.6 is 0 Å². The second-order valence-electron chi connectivity index (χ2n) is 4.14. The van der Waals surface area contributed by atoms with Gasteiger partial charge >= 0.3 is 5.97 Å². The Morgan fingerprint density at radius 2 is 1.94 bits per heavy atom. The number of esters is 1. The van der Waals surface area contributed by atoms with E-state index in [0.717, 1.165) is 25.7 Å². The van der Waals surface area contributed by atoms with Crippen molar-refractivity contribution in [2.24, 2.45) is 5.92 Å². The molecule has 1 aromatic rings. The molecule has 1 aromatic heterocycles. The molecule has 0 saturated heterocycles. The van der Waals surface area contributed by atoms with E-state index in [9.17, 15) is 4.79 Å². The van der Waals surface area contributed by atoms with Crippen LogP contribution in [-0.2, 0) is 16.0 Å². The Balaban J connectivity index is 2.18. The molecule has 0 fully saturated rings. The highest BCUT2D eigenvalue weighted by molar-refractivity contribution is 5.72. The SMILES string of the molecule is CCC(CC)C(=O)OCCCc1ccncc1. The fraction of sp³-hybridized carbons (Fsp3) is 0.571. The van der Waals surface area contributed by atoms with E-state index in [4.69, 9.17) is 4.74 Å². The zero-order valence-corrected chi connectivity index (χ0v) is 10.7. The molecule has 0 amide bonds. The summed E-state index contributed by atoms with van der Waals surface area (Å²) in [5.41, 5.74) is 1.23. The van der Waals surface area contributed by atoms with Crippen molar-refractivity contribution in [1.82, 2.24) is 4.98 Å². The van der Waals surface area contributed by atoms with Crippen molar-refractivity contribution < 1.29 is 9.53 Å². The van der Waals surface area contributed by atoms with E-state index in [2.05, 4.69) is 4.98 Å². The molecule has 0 atom stereocenters. The monoisotopic (exact) mass is 235 g/mol. The summed E-state index contributed by atoms with van der Waals surface area (Å²) in [5.74, 6) is 0.0145. The zero-order chi connectivity index (χ0) is 12.5. The van der Waals surface area contributed by atoms with E-state index in [1.807, 2.05) is 26.0 Å². The Labute approximate surface area is 103 Å². The van der Waals surface area contributed by atoms with Crippen LogP contribution in [0.4, 0.5) is 0 Å². The van der Waals surface area contributed by atoms with Crippen molar-refractivity contribution in [3.05, 3.63) is 30.1 Å². The molecule has 1 heterocycles. The maximum Gasteiger partial charge on any atom is 0.308 e. The van der Waals surface area contributed by atoms with Gasteiger partial charge in [-0.3, -0.25) is 9.78 Å². The van der Waals surface area contributed by atoms with Crippen molar-refractivity contribution in [1.29, 1.82) is 0 Å². The first-order valence-corrected chi connectivity index (χ1v) is 6.33. The number of rotatable bonds is 7. The maximum absolute atomic E-state index is 11.6. The molecule has 0 aromatic carbocycles. The molecule has 0 spiro atoms. The normalized spacial score (nSPS) is 10.5. The number of hydrogen-bond acceptors (Lipinski definition) is 3. The van der Waals surface area contributed by atoms with Crippen LogP contribution in [-0.4, -0.2) is 17.6 Å². The van der Waals surface area contributed by atoms with Gasteiger partial charge in [-0.1, -0.05) is 13.8 Å². The van der Waals surface area contributed by atoms with Crippen LogP contribution in [0.5, 0.6) is 0 Å². The van der Waals surface area contributed by atoms with Gasteiger partial charge in [-0.25, -0.2) is 0 Å². The number of nitrogens with zero attached hydrogens (tertiary/aromatic N) is 1. The van der Waals surface area contributed by atoms with E-state index in [1.165, 1.54) is 5.56 Å². The smallest absolute Gasteiger partial charge is 0.308 e. The molecule has 94 valence electrons. The predicted octanol–water partition coefficient (Wildman–Crippen LogP) is 2.99. The zero-order valence-electron chi connectivity index (χ0n) is 10.7. The van der Waals surface area contributed by atoms with E-state index in [0.29, 0.717) is 6.61 Å². The third kappa shape index (κ3) is 4.98. The Hall–Kier alpha value is -1.38. The van der Waals surface area contributed by atoms with Crippen LogP contribution in [0.2, 0.25) is 0 Å². The van der Waals surface area contributed by atoms with Crippen LogP contribution in [0.3, 0.4) is 0 Å². The molecular formula is C14H21NO2. The summed E-state index contributed by atoms with van der Waals surface area (Å²) in [5, 5.41) is 0. The maximum atomic E-state index is 11.6. The first-order valence-electron chi connectivity index (χ1n) is 6.33. The Kier molecular flexibility index (Phi) is 6.30. The average molecular weight is 235 g/mol. The van der Waals surface area contributed by atoms with Crippen LogP contribution in [0, 0.1) is 5.92 Å². The van der Waals surface area contributed by atoms with Gasteiger partial charge < -0.3 is 4.74 Å². The van der Waals surface area contributed by atoms with Crippen molar-refractivity contribution in [2.45, 2.75) is 39.5 Å². The molecule has 0 radical (unpaired) electrons. The molecule has 0 aliphatic heterocycles. The minimum Gasteiger partial charge on any atom is -0.465 e. The van der Waals surface area contributed by atoms with Crippen LogP contribution < -0.4 is 0 Å². The molecule has 0 unspecified atom stereocenters. The van der Waals surface area contributed by atoms with Gasteiger partial charge in [0, 0.05) is 12.4 Å². The van der Waals surface area contributed by atoms with E-state index in [1.54, 1.807) is 12.4 Å². The van der Waals surface area contributed by atoms with Crippen molar-refractivity contribution in [2.75, 3.05) is 6.61 Å². The summed E-state index contributed by atoms with van der Waals surface area (Å²) in [6.07, 6.45) is 7.09. The standard InChI is InChI=1S/C14H21NO2/c1-3-13(4-2)14(16)17-11-5-6-12-7-9-15-10-8-12/h7-10,13H,3-6,11H2,1-2H3. The summed E-state index contributed by atoms with van der Waals surface area (Å²) in [6.45, 7) is 4.55. The van der Waals surface area contributed by atoms with Crippen molar-refractivity contribution >= 4 is 5.97 Å². The molecule has 0 N–H and O–H groups in total. The molecule has 0 aliphatic rings. The molecular weight excluding hydrogens is 214 g/mol. The highest BCUT2D eigenvalue weighted by Crippen LogP contribution is 2.10. The van der Waals surface area contributed by atoms with E-state index < -0.39 is 0 Å². The lowest BCUT2D eigenvalue weighted by Crippen LogP contribution is -2.17. The fourth-order valence-electron chi connectivity index (χ4n) is 1.74. The van der Waals surface area contributed by atoms with Crippen molar-refractivity contribution in [3.8, 4) is 0 Å². The highest BCUT2D eigenvalue weighted by Gasteiger charge is 2.14. The Bertz CT molecular complexity index is 320. The molecule has 0 saturated carbocycles. The van der Waals surface area contributed by atoms with E-state index in [-0.39, 0.29) is 11.9 Å². The number of carbonyl (C=O) groups is 1. The third-order valence-electron chi connectivity index (χ3n) is 2.92. The molecule has 3 heteroatoms. The summed E-state index contributed by atoms with van der Waals surface area (Å²) < 4.78 is 5.25. The molecule has 17 heavy (non-hydrogen) atoms. The number of pyridine rings is 1. The topological polar surface area (TPSA) is 39.2 Å². The highest BCUT2D eigenvalue weighted by atomic mass is 16.5. The van der Waals surface area contributed by atoms with Gasteiger partial charge in [0.2, 0.25) is 0 Å². The lowest BCUT2D eigenvalue weighted by atomic mass is 10.0. The van der Waals surface area contributed by atoms with Crippen LogP contribution in [0.1, 0.15) is 38.7 Å². The number of hydrogen-bond donors (Lipinski definition) is 0. The van der Waals surface area contributed by atoms with E-state index >= 15 is 0 Å². The lowest BCUT2D eigenvalue weighted by Gasteiger charge is -2.11. The first-order chi connectivity index (χ1) is 8.27. The van der Waals surface area contributed by atoms with Crippen molar-refractivity contribution in [3.63, 3.8) is 0 Å². The molecule has 0 aliphatic carbocycles. The molecule has 0 bridgehead atoms. The van der Waals surface area contributed by atoms with Crippen LogP contribution in [0.25, 0.3) is 0 Å². The second-order valence-corrected chi connectivity index (χ2v) is 4.14. The minimum absolute atomic E-state index is 0.0512. The molecule has 3 nitrogen and oxygen atoms in total. The number of carbonyl (C=O) groups excluding carboxylic acids is 1. The van der Waals surface area contributed by atoms with Gasteiger partial charge in [-0.15, -0.1) is 0 Å². The van der Waals surface area contributed by atoms with Gasteiger partial charge in [0.15, 0.2) is 0 Å². The third-order valence-corrected chi connectivity index (χ3v) is 2.92. The second kappa shape index (κ2) is 7.82. The molecule has 1 rings (SSSR count). The van der Waals surface area contributed by atoms with Gasteiger partial charge in [-0.05, 0) is 43.4 Å². The Morgan fingerprint density at radius 1 is 1.29 bits per heavy atom. The largest absolute Gasteiger partial charge is 0.465 e. The summed E-state index contributed by atoms with van der Waals surface area (Å²) in [4.78, 5) is 15.5. The van der Waals surface area contributed by atoms with Gasteiger partial charge in [0.25, 0.3) is 0 Å². The van der Waals surface area contributed by atoms with Crippen LogP contribution in [0.15, 0.2) is 24.5 Å². The number of ether oxygens (including phenoxy) is 1. The minimum atomic E-state index is -0.0512. The first kappa shape index (κ1) is 13.7. The summed E-state index contributed by atoms with van der Waals surface area (Å²) in [6, 6.07) is 3.98. The average Bonchev–Trinajstić information content (AvgIpc) is 2.37.